The van der Waals surface area contributed by atoms with E-state index in [1.54, 1.807) is 6.33 Å². The van der Waals surface area contributed by atoms with Gasteiger partial charge in [0, 0.05) is 17.5 Å². The summed E-state index contributed by atoms with van der Waals surface area (Å²) in [6.07, 6.45) is 8.72. The molecule has 0 amide bonds. The molecule has 0 unspecified atom stereocenters. The number of rotatable bonds is 1. The lowest BCUT2D eigenvalue weighted by atomic mass is 9.81. The van der Waals surface area contributed by atoms with Gasteiger partial charge in [0.15, 0.2) is 0 Å². The molecule has 3 aromatic rings. The van der Waals surface area contributed by atoms with Crippen LogP contribution in [0.25, 0.3) is 16.6 Å². The van der Waals surface area contributed by atoms with Crippen LogP contribution in [0, 0.1) is 5.92 Å². The van der Waals surface area contributed by atoms with E-state index in [0.717, 1.165) is 28.2 Å². The van der Waals surface area contributed by atoms with Gasteiger partial charge in [-0.2, -0.15) is 0 Å². The molecule has 3 aromatic heterocycles. The predicted octanol–water partition coefficient (Wildman–Crippen LogP) is 2.90. The van der Waals surface area contributed by atoms with Gasteiger partial charge in [0.2, 0.25) is 0 Å². The van der Waals surface area contributed by atoms with Gasteiger partial charge in [-0.1, -0.05) is 25.0 Å². The molecule has 1 aliphatic rings. The maximum Gasteiger partial charge on any atom is 0.141 e. The highest BCUT2D eigenvalue weighted by Gasteiger charge is 2.25. The Morgan fingerprint density at radius 2 is 2.11 bits per heavy atom. The third-order valence-corrected chi connectivity index (χ3v) is 4.40. The fourth-order valence-corrected chi connectivity index (χ4v) is 3.23. The molecule has 19 heavy (non-hydrogen) atoms. The summed E-state index contributed by atoms with van der Waals surface area (Å²) < 4.78 is 1.81. The molecular formula is C14H17N5. The molecule has 0 aromatic carbocycles. The molecule has 98 valence electrons. The van der Waals surface area contributed by atoms with E-state index in [1.807, 2.05) is 10.7 Å². The number of fused-ring (bicyclic) bond motifs is 3. The van der Waals surface area contributed by atoms with Gasteiger partial charge in [0.05, 0.1) is 5.69 Å². The van der Waals surface area contributed by atoms with Crippen molar-refractivity contribution in [2.45, 2.75) is 38.5 Å². The van der Waals surface area contributed by atoms with Crippen LogP contribution < -0.4 is 0 Å². The Morgan fingerprint density at radius 1 is 1.26 bits per heavy atom. The van der Waals surface area contributed by atoms with Crippen LogP contribution in [-0.4, -0.2) is 24.8 Å². The zero-order valence-electron chi connectivity index (χ0n) is 11.0. The van der Waals surface area contributed by atoms with Gasteiger partial charge >= 0.3 is 0 Å². The summed E-state index contributed by atoms with van der Waals surface area (Å²) in [5.74, 6) is 1.40. The van der Waals surface area contributed by atoms with E-state index < -0.39 is 0 Å². The van der Waals surface area contributed by atoms with Crippen molar-refractivity contribution in [3.63, 3.8) is 0 Å². The highest BCUT2D eigenvalue weighted by molar-refractivity contribution is 5.92. The highest BCUT2D eigenvalue weighted by atomic mass is 15.4. The summed E-state index contributed by atoms with van der Waals surface area (Å²) in [6.45, 7) is 2.34. The lowest BCUT2D eigenvalue weighted by Gasteiger charge is -2.24. The van der Waals surface area contributed by atoms with E-state index in [0.29, 0.717) is 5.92 Å². The first kappa shape index (κ1) is 11.0. The second-order valence-electron chi connectivity index (χ2n) is 5.71. The van der Waals surface area contributed by atoms with E-state index in [9.17, 15) is 0 Å². The van der Waals surface area contributed by atoms with Crippen molar-refractivity contribution >= 4 is 16.6 Å². The molecule has 0 bridgehead atoms. The van der Waals surface area contributed by atoms with Gasteiger partial charge in [-0.05, 0) is 24.8 Å². The normalized spacial score (nSPS) is 24.3. The standard InChI is InChI=1S/C14H17N5/c1-9-2-4-10(5-3-9)12-13-11-6-7-15-14(11)16-8-19(13)18-17-12/h6-10,15H,2-5H2,1H3/t9-,10-. The number of H-pyrrole nitrogens is 1. The molecule has 0 saturated heterocycles. The first-order valence-electron chi connectivity index (χ1n) is 7.00. The van der Waals surface area contributed by atoms with Crippen molar-refractivity contribution in [1.82, 2.24) is 24.8 Å². The van der Waals surface area contributed by atoms with Crippen LogP contribution >= 0.6 is 0 Å². The molecule has 0 atom stereocenters. The van der Waals surface area contributed by atoms with E-state index in [2.05, 4.69) is 33.3 Å². The first-order valence-corrected chi connectivity index (χ1v) is 7.00. The number of aromatic nitrogens is 5. The highest BCUT2D eigenvalue weighted by Crippen LogP contribution is 2.37. The molecule has 5 nitrogen and oxygen atoms in total. The molecule has 0 spiro atoms. The Labute approximate surface area is 111 Å². The van der Waals surface area contributed by atoms with Gasteiger partial charge in [0.25, 0.3) is 0 Å². The van der Waals surface area contributed by atoms with Gasteiger partial charge in [0.1, 0.15) is 17.5 Å². The Balaban J connectivity index is 1.87. The number of hydrogen-bond acceptors (Lipinski definition) is 3. The minimum atomic E-state index is 0.550. The number of nitrogens with one attached hydrogen (secondary N) is 1. The first-order chi connectivity index (χ1) is 9.33. The molecule has 1 fully saturated rings. The smallest absolute Gasteiger partial charge is 0.141 e. The van der Waals surface area contributed by atoms with Crippen LogP contribution in [0.5, 0.6) is 0 Å². The Bertz CT molecular complexity index is 718. The predicted molar refractivity (Wildman–Crippen MR) is 73.0 cm³/mol. The van der Waals surface area contributed by atoms with Gasteiger partial charge in [-0.15, -0.1) is 5.10 Å². The molecule has 0 aliphatic heterocycles. The summed E-state index contributed by atoms with van der Waals surface area (Å²) in [5, 5.41) is 9.79. The van der Waals surface area contributed by atoms with Crippen LogP contribution in [-0.2, 0) is 0 Å². The maximum absolute atomic E-state index is 4.43. The monoisotopic (exact) mass is 255 g/mol. The van der Waals surface area contributed by atoms with Gasteiger partial charge in [-0.25, -0.2) is 9.50 Å². The van der Waals surface area contributed by atoms with Crippen LogP contribution in [0.4, 0.5) is 0 Å². The molecule has 1 saturated carbocycles. The summed E-state index contributed by atoms with van der Waals surface area (Å²) >= 11 is 0. The second kappa shape index (κ2) is 4.05. The number of nitrogens with zero attached hydrogens (tertiary/aromatic N) is 4. The lowest BCUT2D eigenvalue weighted by molar-refractivity contribution is 0.345. The third-order valence-electron chi connectivity index (χ3n) is 4.40. The molecule has 5 heteroatoms. The van der Waals surface area contributed by atoms with Gasteiger partial charge < -0.3 is 4.98 Å². The van der Waals surface area contributed by atoms with E-state index in [-0.39, 0.29) is 0 Å². The summed E-state index contributed by atoms with van der Waals surface area (Å²) in [7, 11) is 0. The lowest BCUT2D eigenvalue weighted by Crippen LogP contribution is -2.11. The number of aromatic amines is 1. The molecule has 0 radical (unpaired) electrons. The van der Waals surface area contributed by atoms with Crippen molar-refractivity contribution in [3.05, 3.63) is 24.3 Å². The molecule has 3 heterocycles. The topological polar surface area (TPSA) is 58.9 Å². The second-order valence-corrected chi connectivity index (χ2v) is 5.71. The van der Waals surface area contributed by atoms with Crippen molar-refractivity contribution in [3.8, 4) is 0 Å². The number of hydrogen-bond donors (Lipinski definition) is 1. The SMILES string of the molecule is C[C@H]1CC[C@H](c2nnn3cnc4[nH]ccc4c23)CC1. The van der Waals surface area contributed by atoms with Gasteiger partial charge in [-0.3, -0.25) is 0 Å². The van der Waals surface area contributed by atoms with Crippen LogP contribution in [0.2, 0.25) is 0 Å². The van der Waals surface area contributed by atoms with Crippen LogP contribution in [0.3, 0.4) is 0 Å². The van der Waals surface area contributed by atoms with Crippen LogP contribution in [0.15, 0.2) is 18.6 Å². The molecule has 4 rings (SSSR count). The van der Waals surface area contributed by atoms with Crippen molar-refractivity contribution in [1.29, 1.82) is 0 Å². The maximum atomic E-state index is 4.43. The minimum Gasteiger partial charge on any atom is -0.346 e. The molecular weight excluding hydrogens is 238 g/mol. The van der Waals surface area contributed by atoms with Crippen LogP contribution in [0.1, 0.15) is 44.2 Å². The van der Waals surface area contributed by atoms with E-state index in [1.165, 1.54) is 25.7 Å². The minimum absolute atomic E-state index is 0.550. The summed E-state index contributed by atoms with van der Waals surface area (Å²) in [6, 6.07) is 2.07. The van der Waals surface area contributed by atoms with Crippen molar-refractivity contribution in [2.24, 2.45) is 5.92 Å². The summed E-state index contributed by atoms with van der Waals surface area (Å²) in [4.78, 5) is 7.50. The summed E-state index contributed by atoms with van der Waals surface area (Å²) in [5.41, 5.74) is 3.20. The molecule has 1 aliphatic carbocycles. The zero-order valence-corrected chi connectivity index (χ0v) is 11.0. The van der Waals surface area contributed by atoms with E-state index >= 15 is 0 Å². The average molecular weight is 255 g/mol. The quantitative estimate of drug-likeness (QED) is 0.727. The Kier molecular flexibility index (Phi) is 2.33. The molecule has 1 N–H and O–H groups in total. The fourth-order valence-electron chi connectivity index (χ4n) is 3.23. The zero-order chi connectivity index (χ0) is 12.8. The third kappa shape index (κ3) is 1.64. The fraction of sp³-hybridized carbons (Fsp3) is 0.500. The van der Waals surface area contributed by atoms with Crippen molar-refractivity contribution < 1.29 is 0 Å². The van der Waals surface area contributed by atoms with Crippen molar-refractivity contribution in [2.75, 3.05) is 0 Å². The Hall–Kier alpha value is -1.91. The largest absolute Gasteiger partial charge is 0.346 e. The Morgan fingerprint density at radius 3 is 2.95 bits per heavy atom. The van der Waals surface area contributed by atoms with E-state index in [4.69, 9.17) is 0 Å². The average Bonchev–Trinajstić information content (AvgIpc) is 3.04.